The Labute approximate surface area is 139 Å². The average Bonchev–Trinajstić information content (AvgIpc) is 3.08. The van der Waals surface area contributed by atoms with Crippen LogP contribution in [0.15, 0.2) is 18.3 Å². The molecule has 0 atom stereocenters. The molecule has 2 heterocycles. The minimum atomic E-state index is -0.686. The SMILES string of the molecule is CCOC(=O)c1c(C)[nH]c(C(=O)OCC(=O)c2cccn2C)c1C. The van der Waals surface area contributed by atoms with Crippen molar-refractivity contribution in [1.82, 2.24) is 9.55 Å². The van der Waals surface area contributed by atoms with Gasteiger partial charge in [-0.25, -0.2) is 9.59 Å². The quantitative estimate of drug-likeness (QED) is 0.647. The zero-order valence-electron chi connectivity index (χ0n) is 14.1. The van der Waals surface area contributed by atoms with Crippen molar-refractivity contribution in [3.05, 3.63) is 46.5 Å². The monoisotopic (exact) mass is 332 g/mol. The molecule has 2 aromatic rings. The summed E-state index contributed by atoms with van der Waals surface area (Å²) in [5, 5.41) is 0. The van der Waals surface area contributed by atoms with Crippen molar-refractivity contribution in [3.63, 3.8) is 0 Å². The third kappa shape index (κ3) is 3.40. The largest absolute Gasteiger partial charge is 0.462 e. The Morgan fingerprint density at radius 3 is 2.46 bits per heavy atom. The summed E-state index contributed by atoms with van der Waals surface area (Å²) in [5.41, 5.74) is 1.89. The van der Waals surface area contributed by atoms with Gasteiger partial charge in [0.05, 0.1) is 17.9 Å². The third-order valence-corrected chi connectivity index (χ3v) is 3.68. The molecule has 2 rings (SSSR count). The first-order valence-corrected chi connectivity index (χ1v) is 7.54. The number of ketones is 1. The van der Waals surface area contributed by atoms with Gasteiger partial charge in [-0.15, -0.1) is 0 Å². The fraction of sp³-hybridized carbons (Fsp3) is 0.353. The number of Topliss-reactive ketones (excluding diaryl/α,β-unsaturated/α-hetero) is 1. The molecule has 0 unspecified atom stereocenters. The molecule has 1 N–H and O–H groups in total. The summed E-state index contributed by atoms with van der Waals surface area (Å²) < 4.78 is 11.7. The van der Waals surface area contributed by atoms with Crippen molar-refractivity contribution >= 4 is 17.7 Å². The minimum absolute atomic E-state index is 0.148. The Bertz CT molecular complexity index is 785. The second kappa shape index (κ2) is 7.16. The van der Waals surface area contributed by atoms with Crippen LogP contribution in [0, 0.1) is 13.8 Å². The molecule has 0 amide bonds. The number of nitrogens with one attached hydrogen (secondary N) is 1. The van der Waals surface area contributed by atoms with E-state index in [0.29, 0.717) is 22.5 Å². The fourth-order valence-corrected chi connectivity index (χ4v) is 2.49. The number of hydrogen-bond donors (Lipinski definition) is 1. The number of hydrogen-bond acceptors (Lipinski definition) is 5. The van der Waals surface area contributed by atoms with Crippen molar-refractivity contribution in [2.24, 2.45) is 7.05 Å². The summed E-state index contributed by atoms with van der Waals surface area (Å²) in [5.74, 6) is -1.49. The fourth-order valence-electron chi connectivity index (χ4n) is 2.49. The molecule has 0 aromatic carbocycles. The third-order valence-electron chi connectivity index (χ3n) is 3.68. The first-order valence-electron chi connectivity index (χ1n) is 7.54. The average molecular weight is 332 g/mol. The van der Waals surface area contributed by atoms with E-state index >= 15 is 0 Å². The van der Waals surface area contributed by atoms with Crippen LogP contribution in [0.3, 0.4) is 0 Å². The lowest BCUT2D eigenvalue weighted by Crippen LogP contribution is -2.17. The maximum Gasteiger partial charge on any atom is 0.355 e. The molecule has 0 radical (unpaired) electrons. The Morgan fingerprint density at radius 2 is 1.88 bits per heavy atom. The molecular weight excluding hydrogens is 312 g/mol. The van der Waals surface area contributed by atoms with Crippen molar-refractivity contribution in [3.8, 4) is 0 Å². The van der Waals surface area contributed by atoms with Gasteiger partial charge in [-0.2, -0.15) is 0 Å². The van der Waals surface area contributed by atoms with Crippen LogP contribution in [0.1, 0.15) is 49.5 Å². The first kappa shape index (κ1) is 17.5. The number of esters is 2. The second-order valence-electron chi connectivity index (χ2n) is 5.35. The summed E-state index contributed by atoms with van der Waals surface area (Å²) in [4.78, 5) is 39.0. The molecular formula is C17H20N2O5. The topological polar surface area (TPSA) is 90.4 Å². The standard InChI is InChI=1S/C17H20N2O5/c1-5-23-16(21)14-10(2)15(18-11(14)3)17(22)24-9-13(20)12-7-6-8-19(12)4/h6-8,18H,5,9H2,1-4H3. The molecule has 24 heavy (non-hydrogen) atoms. The maximum atomic E-state index is 12.2. The van der Waals surface area contributed by atoms with Crippen molar-refractivity contribution < 1.29 is 23.9 Å². The highest BCUT2D eigenvalue weighted by molar-refractivity contribution is 6.00. The summed E-state index contributed by atoms with van der Waals surface area (Å²) in [6.07, 6.45) is 1.74. The first-order chi connectivity index (χ1) is 11.4. The van der Waals surface area contributed by atoms with E-state index < -0.39 is 11.9 Å². The number of rotatable bonds is 6. The summed E-state index contributed by atoms with van der Waals surface area (Å²) >= 11 is 0. The molecule has 0 aliphatic heterocycles. The van der Waals surface area contributed by atoms with Crippen molar-refractivity contribution in [2.45, 2.75) is 20.8 Å². The number of carbonyl (C=O) groups is 3. The number of ether oxygens (including phenoxy) is 2. The van der Waals surface area contributed by atoms with Crippen molar-refractivity contribution in [1.29, 1.82) is 0 Å². The lowest BCUT2D eigenvalue weighted by Gasteiger charge is -2.05. The molecule has 0 bridgehead atoms. The summed E-state index contributed by atoms with van der Waals surface area (Å²) in [6, 6.07) is 3.39. The molecule has 0 aliphatic carbocycles. The van der Waals surface area contributed by atoms with Gasteiger partial charge < -0.3 is 19.0 Å². The number of H-pyrrole nitrogens is 1. The van der Waals surface area contributed by atoms with E-state index in [0.717, 1.165) is 0 Å². The zero-order chi connectivity index (χ0) is 17.9. The van der Waals surface area contributed by atoms with Crippen LogP contribution in [0.25, 0.3) is 0 Å². The van der Waals surface area contributed by atoms with Crippen LogP contribution in [-0.2, 0) is 16.5 Å². The molecule has 0 saturated carbocycles. The molecule has 0 spiro atoms. The van der Waals surface area contributed by atoms with Crippen LogP contribution in [0.5, 0.6) is 0 Å². The van der Waals surface area contributed by atoms with Gasteiger partial charge in [-0.05, 0) is 38.5 Å². The Kier molecular flexibility index (Phi) is 5.23. The van der Waals surface area contributed by atoms with Crippen LogP contribution in [-0.4, -0.2) is 40.5 Å². The molecule has 7 heteroatoms. The minimum Gasteiger partial charge on any atom is -0.462 e. The van der Waals surface area contributed by atoms with Crippen LogP contribution in [0.2, 0.25) is 0 Å². The van der Waals surface area contributed by atoms with Crippen molar-refractivity contribution in [2.75, 3.05) is 13.2 Å². The Hall–Kier alpha value is -2.83. The number of aromatic amines is 1. The van der Waals surface area contributed by atoms with Gasteiger partial charge in [-0.1, -0.05) is 0 Å². The van der Waals surface area contributed by atoms with Crippen LogP contribution < -0.4 is 0 Å². The van der Waals surface area contributed by atoms with Crippen LogP contribution >= 0.6 is 0 Å². The van der Waals surface area contributed by atoms with E-state index in [1.807, 2.05) is 0 Å². The molecule has 0 aliphatic rings. The molecule has 0 saturated heterocycles. The predicted octanol–water partition coefficient (Wildman–Crippen LogP) is 2.19. The molecule has 128 valence electrons. The van der Waals surface area contributed by atoms with Gasteiger partial charge in [0.25, 0.3) is 0 Å². The Balaban J connectivity index is 2.11. The smallest absolute Gasteiger partial charge is 0.355 e. The van der Waals surface area contributed by atoms with Gasteiger partial charge in [0.2, 0.25) is 5.78 Å². The Morgan fingerprint density at radius 1 is 1.17 bits per heavy atom. The molecule has 7 nitrogen and oxygen atoms in total. The van der Waals surface area contributed by atoms with E-state index in [1.54, 1.807) is 50.7 Å². The van der Waals surface area contributed by atoms with E-state index in [9.17, 15) is 14.4 Å². The highest BCUT2D eigenvalue weighted by atomic mass is 16.5. The predicted molar refractivity (Wildman–Crippen MR) is 86.2 cm³/mol. The number of nitrogens with zero attached hydrogens (tertiary/aromatic N) is 1. The highest BCUT2D eigenvalue weighted by Crippen LogP contribution is 2.20. The lowest BCUT2D eigenvalue weighted by molar-refractivity contribution is 0.0466. The summed E-state index contributed by atoms with van der Waals surface area (Å²) in [6.45, 7) is 4.88. The van der Waals surface area contributed by atoms with E-state index in [4.69, 9.17) is 9.47 Å². The molecule has 0 fully saturated rings. The van der Waals surface area contributed by atoms with E-state index in [2.05, 4.69) is 4.98 Å². The molecule has 2 aromatic heterocycles. The number of aryl methyl sites for hydroxylation is 2. The van der Waals surface area contributed by atoms with Gasteiger partial charge in [0.1, 0.15) is 5.69 Å². The number of carbonyl (C=O) groups excluding carboxylic acids is 3. The summed E-state index contributed by atoms with van der Waals surface area (Å²) in [7, 11) is 1.74. The maximum absolute atomic E-state index is 12.2. The van der Waals surface area contributed by atoms with Gasteiger partial charge in [0, 0.05) is 18.9 Å². The van der Waals surface area contributed by atoms with E-state index in [1.165, 1.54) is 0 Å². The zero-order valence-corrected chi connectivity index (χ0v) is 14.1. The lowest BCUT2D eigenvalue weighted by atomic mass is 10.1. The normalized spacial score (nSPS) is 10.5. The second-order valence-corrected chi connectivity index (χ2v) is 5.35. The van der Waals surface area contributed by atoms with E-state index in [-0.39, 0.29) is 24.7 Å². The number of aromatic nitrogens is 2. The van der Waals surface area contributed by atoms with Crippen LogP contribution in [0.4, 0.5) is 0 Å². The van der Waals surface area contributed by atoms with Gasteiger partial charge >= 0.3 is 11.9 Å². The van der Waals surface area contributed by atoms with Gasteiger partial charge in [0.15, 0.2) is 6.61 Å². The highest BCUT2D eigenvalue weighted by Gasteiger charge is 2.24. The van der Waals surface area contributed by atoms with Gasteiger partial charge in [-0.3, -0.25) is 4.79 Å².